The fourth-order valence-electron chi connectivity index (χ4n) is 1.31. The minimum absolute atomic E-state index is 0.371. The summed E-state index contributed by atoms with van der Waals surface area (Å²) in [7, 11) is 0. The van der Waals surface area contributed by atoms with Crippen LogP contribution in [0.5, 0.6) is 0 Å². The summed E-state index contributed by atoms with van der Waals surface area (Å²) in [6, 6.07) is 10.0. The van der Waals surface area contributed by atoms with Crippen LogP contribution in [0.15, 0.2) is 39.8 Å². The fraction of sp³-hybridized carbons (Fsp3) is 0.333. The van der Waals surface area contributed by atoms with E-state index < -0.39 is 6.10 Å². The molecule has 0 aliphatic carbocycles. The van der Waals surface area contributed by atoms with Gasteiger partial charge in [-0.3, -0.25) is 0 Å². The molecule has 0 bridgehead atoms. The summed E-state index contributed by atoms with van der Waals surface area (Å²) >= 11 is 1.63. The molecule has 1 aromatic heterocycles. The number of thioether (sulfide) groups is 1. The monoisotopic (exact) mass is 250 g/mol. The van der Waals surface area contributed by atoms with Crippen LogP contribution in [0.4, 0.5) is 0 Å². The third kappa shape index (κ3) is 3.31. The zero-order valence-electron chi connectivity index (χ0n) is 9.54. The Morgan fingerprint density at radius 2 is 2.12 bits per heavy atom. The maximum Gasteiger partial charge on any atom is 0.237 e. The first-order valence-electron chi connectivity index (χ1n) is 5.48. The van der Waals surface area contributed by atoms with E-state index in [0.29, 0.717) is 23.9 Å². The van der Waals surface area contributed by atoms with Crippen molar-refractivity contribution in [3.8, 4) is 0 Å². The van der Waals surface area contributed by atoms with Gasteiger partial charge in [0.1, 0.15) is 6.10 Å². The highest BCUT2D eigenvalue weighted by Gasteiger charge is 2.13. The van der Waals surface area contributed by atoms with Crippen molar-refractivity contribution < 1.29 is 9.63 Å². The average Bonchev–Trinajstić information content (AvgIpc) is 2.85. The highest BCUT2D eigenvalue weighted by molar-refractivity contribution is 7.98. The normalized spacial score (nSPS) is 12.6. The first-order chi connectivity index (χ1) is 8.29. The van der Waals surface area contributed by atoms with Gasteiger partial charge in [-0.2, -0.15) is 4.98 Å². The van der Waals surface area contributed by atoms with E-state index in [4.69, 9.17) is 4.52 Å². The molecule has 5 heteroatoms. The fourth-order valence-corrected chi connectivity index (χ4v) is 2.06. The smallest absolute Gasteiger partial charge is 0.237 e. The van der Waals surface area contributed by atoms with Crippen LogP contribution in [0.1, 0.15) is 31.2 Å². The Kier molecular flexibility index (Phi) is 4.17. The molecule has 0 aliphatic heterocycles. The number of nitrogens with zero attached hydrogens (tertiary/aromatic N) is 2. The van der Waals surface area contributed by atoms with Gasteiger partial charge in [0.25, 0.3) is 0 Å². The maximum atomic E-state index is 9.54. The Hall–Kier alpha value is -1.33. The molecule has 1 heterocycles. The molecule has 1 atom stereocenters. The molecule has 17 heavy (non-hydrogen) atoms. The summed E-state index contributed by atoms with van der Waals surface area (Å²) in [6.45, 7) is 1.87. The Balaban J connectivity index is 1.94. The average molecular weight is 250 g/mol. The molecule has 2 aromatic rings. The number of aromatic nitrogens is 2. The molecule has 1 N–H and O–H groups in total. The SMILES string of the molecule is CCC(O)c1noc(CSc2ccccc2)n1. The van der Waals surface area contributed by atoms with Crippen LogP contribution in [-0.2, 0) is 5.75 Å². The molecule has 90 valence electrons. The summed E-state index contributed by atoms with van der Waals surface area (Å²) in [5, 5.41) is 13.3. The van der Waals surface area contributed by atoms with Gasteiger partial charge in [-0.15, -0.1) is 11.8 Å². The van der Waals surface area contributed by atoms with E-state index in [1.54, 1.807) is 11.8 Å². The van der Waals surface area contributed by atoms with Crippen molar-refractivity contribution in [1.29, 1.82) is 0 Å². The lowest BCUT2D eigenvalue weighted by Crippen LogP contribution is -1.97. The number of benzene rings is 1. The van der Waals surface area contributed by atoms with Crippen LogP contribution in [0.2, 0.25) is 0 Å². The number of hydrogen-bond acceptors (Lipinski definition) is 5. The molecule has 0 saturated heterocycles. The van der Waals surface area contributed by atoms with Crippen LogP contribution in [-0.4, -0.2) is 15.2 Å². The molecule has 0 spiro atoms. The van der Waals surface area contributed by atoms with Gasteiger partial charge in [0.2, 0.25) is 5.89 Å². The summed E-state index contributed by atoms with van der Waals surface area (Å²) in [5.74, 6) is 1.53. The molecule has 0 aliphatic rings. The topological polar surface area (TPSA) is 59.2 Å². The molecule has 0 amide bonds. The van der Waals surface area contributed by atoms with Crippen molar-refractivity contribution in [2.75, 3.05) is 0 Å². The predicted molar refractivity (Wildman–Crippen MR) is 65.6 cm³/mol. The van der Waals surface area contributed by atoms with E-state index in [1.165, 1.54) is 0 Å². The van der Waals surface area contributed by atoms with Gasteiger partial charge in [0.05, 0.1) is 5.75 Å². The van der Waals surface area contributed by atoms with E-state index >= 15 is 0 Å². The van der Waals surface area contributed by atoms with E-state index in [-0.39, 0.29) is 0 Å². The molecular formula is C12H14N2O2S. The van der Waals surface area contributed by atoms with Crippen LogP contribution in [0.3, 0.4) is 0 Å². The molecule has 0 saturated carbocycles. The van der Waals surface area contributed by atoms with Gasteiger partial charge in [0, 0.05) is 4.90 Å². The van der Waals surface area contributed by atoms with Gasteiger partial charge in [-0.05, 0) is 18.6 Å². The second-order valence-corrected chi connectivity index (χ2v) is 4.62. The maximum absolute atomic E-state index is 9.54. The van der Waals surface area contributed by atoms with E-state index in [1.807, 2.05) is 37.3 Å². The summed E-state index contributed by atoms with van der Waals surface area (Å²) in [6.07, 6.45) is -0.0423. The van der Waals surface area contributed by atoms with Crippen molar-refractivity contribution >= 4 is 11.8 Å². The molecular weight excluding hydrogens is 236 g/mol. The largest absolute Gasteiger partial charge is 0.385 e. The van der Waals surface area contributed by atoms with Crippen molar-refractivity contribution in [3.05, 3.63) is 42.0 Å². The standard InChI is InChI=1S/C12H14N2O2S/c1-2-10(15)12-13-11(16-14-12)8-17-9-6-4-3-5-7-9/h3-7,10,15H,2,8H2,1H3. The van der Waals surface area contributed by atoms with Crippen molar-refractivity contribution in [2.45, 2.75) is 30.1 Å². The minimum atomic E-state index is -0.630. The molecule has 2 rings (SSSR count). The van der Waals surface area contributed by atoms with Crippen LogP contribution < -0.4 is 0 Å². The molecule has 0 radical (unpaired) electrons. The lowest BCUT2D eigenvalue weighted by atomic mass is 10.3. The van der Waals surface area contributed by atoms with Gasteiger partial charge in [-0.1, -0.05) is 30.3 Å². The molecule has 0 fully saturated rings. The predicted octanol–water partition coefficient (Wildman–Crippen LogP) is 2.81. The number of aliphatic hydroxyl groups excluding tert-OH is 1. The van der Waals surface area contributed by atoms with Gasteiger partial charge < -0.3 is 9.63 Å². The van der Waals surface area contributed by atoms with Crippen LogP contribution >= 0.6 is 11.8 Å². The van der Waals surface area contributed by atoms with Gasteiger partial charge in [-0.25, -0.2) is 0 Å². The van der Waals surface area contributed by atoms with Gasteiger partial charge in [0.15, 0.2) is 5.82 Å². The van der Waals surface area contributed by atoms with E-state index in [9.17, 15) is 5.11 Å². The molecule has 1 aromatic carbocycles. The summed E-state index contributed by atoms with van der Waals surface area (Å²) < 4.78 is 5.07. The van der Waals surface area contributed by atoms with Crippen molar-refractivity contribution in [3.63, 3.8) is 0 Å². The quantitative estimate of drug-likeness (QED) is 0.827. The minimum Gasteiger partial charge on any atom is -0.385 e. The highest BCUT2D eigenvalue weighted by Crippen LogP contribution is 2.22. The lowest BCUT2D eigenvalue weighted by Gasteiger charge is -1.98. The summed E-state index contributed by atoms with van der Waals surface area (Å²) in [4.78, 5) is 5.30. The zero-order valence-corrected chi connectivity index (χ0v) is 10.4. The first-order valence-corrected chi connectivity index (χ1v) is 6.46. The Morgan fingerprint density at radius 3 is 2.82 bits per heavy atom. The zero-order chi connectivity index (χ0) is 12.1. The third-order valence-electron chi connectivity index (χ3n) is 2.27. The number of aliphatic hydroxyl groups is 1. The van der Waals surface area contributed by atoms with Crippen molar-refractivity contribution in [2.24, 2.45) is 0 Å². The number of hydrogen-bond donors (Lipinski definition) is 1. The van der Waals surface area contributed by atoms with E-state index in [2.05, 4.69) is 10.1 Å². The Bertz CT molecular complexity index is 459. The van der Waals surface area contributed by atoms with Gasteiger partial charge >= 0.3 is 0 Å². The Morgan fingerprint density at radius 1 is 1.35 bits per heavy atom. The number of rotatable bonds is 5. The molecule has 1 unspecified atom stereocenters. The molecule has 4 nitrogen and oxygen atoms in total. The van der Waals surface area contributed by atoms with Crippen LogP contribution in [0, 0.1) is 0 Å². The van der Waals surface area contributed by atoms with Crippen molar-refractivity contribution in [1.82, 2.24) is 10.1 Å². The summed E-state index contributed by atoms with van der Waals surface area (Å²) in [5.41, 5.74) is 0. The second-order valence-electron chi connectivity index (χ2n) is 3.57. The lowest BCUT2D eigenvalue weighted by molar-refractivity contribution is 0.159. The third-order valence-corrected chi connectivity index (χ3v) is 3.27. The first kappa shape index (κ1) is 12.1. The second kappa shape index (κ2) is 5.84. The van der Waals surface area contributed by atoms with Crippen LogP contribution in [0.25, 0.3) is 0 Å². The Labute approximate surface area is 104 Å². The van der Waals surface area contributed by atoms with E-state index in [0.717, 1.165) is 4.90 Å². The highest BCUT2D eigenvalue weighted by atomic mass is 32.2.